The summed E-state index contributed by atoms with van der Waals surface area (Å²) in [5, 5.41) is 12.6. The minimum atomic E-state index is 0.00559. The number of fused-ring (bicyclic) bond motifs is 1. The van der Waals surface area contributed by atoms with Crippen LogP contribution in [-0.2, 0) is 13.2 Å². The van der Waals surface area contributed by atoms with E-state index in [4.69, 9.17) is 10.6 Å². The fourth-order valence-corrected chi connectivity index (χ4v) is 1.57. The van der Waals surface area contributed by atoms with Crippen molar-refractivity contribution in [3.8, 4) is 0 Å². The first-order chi connectivity index (χ1) is 7.74. The van der Waals surface area contributed by atoms with E-state index in [0.717, 1.165) is 16.8 Å². The van der Waals surface area contributed by atoms with Crippen molar-refractivity contribution in [2.24, 2.45) is 5.11 Å². The smallest absolute Gasteiger partial charge is 0.137 e. The highest BCUT2D eigenvalue weighted by molar-refractivity contribution is 5.45. The van der Waals surface area contributed by atoms with Gasteiger partial charge in [-0.25, -0.2) is 4.98 Å². The molecule has 2 aromatic rings. The van der Waals surface area contributed by atoms with Gasteiger partial charge in [0.2, 0.25) is 0 Å². The van der Waals surface area contributed by atoms with Gasteiger partial charge in [-0.1, -0.05) is 5.11 Å². The normalized spacial score (nSPS) is 10.4. The molecule has 6 nitrogen and oxygen atoms in total. The van der Waals surface area contributed by atoms with E-state index in [1.807, 2.05) is 23.6 Å². The number of aromatic nitrogens is 2. The van der Waals surface area contributed by atoms with Crippen LogP contribution in [0.15, 0.2) is 23.6 Å². The van der Waals surface area contributed by atoms with Gasteiger partial charge in [0, 0.05) is 17.3 Å². The first-order valence-electron chi connectivity index (χ1n) is 4.83. The van der Waals surface area contributed by atoms with Gasteiger partial charge in [-0.2, -0.15) is 0 Å². The fourth-order valence-electron chi connectivity index (χ4n) is 1.57. The van der Waals surface area contributed by atoms with Crippen molar-refractivity contribution in [1.82, 2.24) is 9.38 Å². The Balaban J connectivity index is 2.49. The lowest BCUT2D eigenvalue weighted by atomic mass is 10.2. The number of rotatable bonds is 3. The van der Waals surface area contributed by atoms with Crippen molar-refractivity contribution in [3.63, 3.8) is 0 Å². The molecule has 2 rings (SSSR count). The summed E-state index contributed by atoms with van der Waals surface area (Å²) in [6, 6.07) is 1.89. The minimum absolute atomic E-state index is 0.00559. The lowest BCUT2D eigenvalue weighted by molar-refractivity contribution is 0.280. The van der Waals surface area contributed by atoms with Crippen LogP contribution in [0.25, 0.3) is 16.1 Å². The van der Waals surface area contributed by atoms with Gasteiger partial charge in [0.1, 0.15) is 5.65 Å². The molecule has 16 heavy (non-hydrogen) atoms. The van der Waals surface area contributed by atoms with Crippen molar-refractivity contribution in [2.75, 3.05) is 0 Å². The monoisotopic (exact) mass is 217 g/mol. The van der Waals surface area contributed by atoms with Crippen LogP contribution < -0.4 is 0 Å². The van der Waals surface area contributed by atoms with Crippen LogP contribution in [0.5, 0.6) is 0 Å². The maximum absolute atomic E-state index is 9.13. The molecule has 0 aliphatic rings. The predicted molar refractivity (Wildman–Crippen MR) is 58.7 cm³/mol. The molecular weight excluding hydrogens is 206 g/mol. The summed E-state index contributed by atoms with van der Waals surface area (Å²) >= 11 is 0. The molecule has 0 saturated carbocycles. The van der Waals surface area contributed by atoms with E-state index in [9.17, 15) is 0 Å². The largest absolute Gasteiger partial charge is 0.392 e. The van der Waals surface area contributed by atoms with E-state index >= 15 is 0 Å². The molecule has 0 aliphatic heterocycles. The number of pyridine rings is 1. The quantitative estimate of drug-likeness (QED) is 0.484. The molecular formula is C10H11N5O. The van der Waals surface area contributed by atoms with Crippen molar-refractivity contribution in [3.05, 3.63) is 45.7 Å². The molecule has 0 saturated heterocycles. The Morgan fingerprint density at radius 3 is 3.06 bits per heavy atom. The Morgan fingerprint density at radius 2 is 2.38 bits per heavy atom. The van der Waals surface area contributed by atoms with E-state index in [1.165, 1.54) is 0 Å². The van der Waals surface area contributed by atoms with Crippen molar-refractivity contribution >= 4 is 5.65 Å². The number of hydrogen-bond donors (Lipinski definition) is 1. The van der Waals surface area contributed by atoms with Crippen LogP contribution in [-0.4, -0.2) is 14.5 Å². The third kappa shape index (κ3) is 1.84. The van der Waals surface area contributed by atoms with Gasteiger partial charge in [-0.3, -0.25) is 0 Å². The molecule has 2 aromatic heterocycles. The van der Waals surface area contributed by atoms with E-state index < -0.39 is 0 Å². The van der Waals surface area contributed by atoms with E-state index in [1.54, 1.807) is 6.20 Å². The van der Waals surface area contributed by atoms with Crippen molar-refractivity contribution in [2.45, 2.75) is 20.1 Å². The summed E-state index contributed by atoms with van der Waals surface area (Å²) in [6.45, 7) is 2.17. The molecule has 0 radical (unpaired) electrons. The first kappa shape index (κ1) is 10.5. The second kappa shape index (κ2) is 4.22. The number of imidazole rings is 1. The van der Waals surface area contributed by atoms with Gasteiger partial charge in [0.25, 0.3) is 0 Å². The highest BCUT2D eigenvalue weighted by Crippen LogP contribution is 2.13. The number of aliphatic hydroxyl groups is 1. The highest BCUT2D eigenvalue weighted by Gasteiger charge is 2.04. The molecule has 0 fully saturated rings. The number of azide groups is 1. The maximum Gasteiger partial charge on any atom is 0.137 e. The molecule has 1 N–H and O–H groups in total. The van der Waals surface area contributed by atoms with Gasteiger partial charge in [0.15, 0.2) is 0 Å². The number of hydrogen-bond acceptors (Lipinski definition) is 3. The summed E-state index contributed by atoms with van der Waals surface area (Å²) in [5.74, 6) is 0. The molecule has 0 aliphatic carbocycles. The topological polar surface area (TPSA) is 86.3 Å². The minimum Gasteiger partial charge on any atom is -0.392 e. The van der Waals surface area contributed by atoms with E-state index in [-0.39, 0.29) is 13.2 Å². The third-order valence-electron chi connectivity index (χ3n) is 2.42. The predicted octanol–water partition coefficient (Wildman–Crippen LogP) is 1.95. The SMILES string of the molecule is Cc1cc2nc(CN=[N+]=[N-])cn2cc1CO. The highest BCUT2D eigenvalue weighted by atomic mass is 16.3. The van der Waals surface area contributed by atoms with Crippen LogP contribution in [0.2, 0.25) is 0 Å². The van der Waals surface area contributed by atoms with Crippen molar-refractivity contribution < 1.29 is 5.11 Å². The van der Waals surface area contributed by atoms with Gasteiger partial charge < -0.3 is 9.51 Å². The van der Waals surface area contributed by atoms with Crippen LogP contribution in [0, 0.1) is 6.92 Å². The summed E-state index contributed by atoms with van der Waals surface area (Å²) in [6.07, 6.45) is 3.62. The molecule has 6 heteroatoms. The molecule has 0 spiro atoms. The summed E-state index contributed by atoms with van der Waals surface area (Å²) in [5.41, 5.74) is 11.6. The Labute approximate surface area is 91.8 Å². The average Bonchev–Trinajstić information content (AvgIpc) is 2.66. The summed E-state index contributed by atoms with van der Waals surface area (Å²) in [4.78, 5) is 6.99. The lowest BCUT2D eigenvalue weighted by Gasteiger charge is -2.02. The van der Waals surface area contributed by atoms with Gasteiger partial charge in [-0.15, -0.1) is 0 Å². The maximum atomic E-state index is 9.13. The Morgan fingerprint density at radius 1 is 1.56 bits per heavy atom. The number of aryl methyl sites for hydroxylation is 1. The molecule has 0 unspecified atom stereocenters. The van der Waals surface area contributed by atoms with Crippen LogP contribution >= 0.6 is 0 Å². The number of nitrogens with zero attached hydrogens (tertiary/aromatic N) is 5. The molecule has 0 aromatic carbocycles. The first-order valence-corrected chi connectivity index (χ1v) is 4.83. The molecule has 2 heterocycles. The fraction of sp³-hybridized carbons (Fsp3) is 0.300. The molecule has 82 valence electrons. The average molecular weight is 217 g/mol. The zero-order chi connectivity index (χ0) is 11.5. The van der Waals surface area contributed by atoms with Gasteiger partial charge in [-0.05, 0) is 29.6 Å². The van der Waals surface area contributed by atoms with Crippen molar-refractivity contribution in [1.29, 1.82) is 0 Å². The third-order valence-corrected chi connectivity index (χ3v) is 2.42. The standard InChI is InChI=1S/C10H11N5O/c1-7-2-10-13-9(3-12-14-11)5-15(10)4-8(7)6-16/h2,4-5,16H,3,6H2,1H3. The molecule has 0 bridgehead atoms. The summed E-state index contributed by atoms with van der Waals surface area (Å²) < 4.78 is 1.82. The lowest BCUT2D eigenvalue weighted by Crippen LogP contribution is -1.93. The van der Waals surface area contributed by atoms with Crippen LogP contribution in [0.4, 0.5) is 0 Å². The van der Waals surface area contributed by atoms with Gasteiger partial charge >= 0.3 is 0 Å². The zero-order valence-corrected chi connectivity index (χ0v) is 8.83. The Hall–Kier alpha value is -2.04. The van der Waals surface area contributed by atoms with Crippen LogP contribution in [0.1, 0.15) is 16.8 Å². The second-order valence-corrected chi connectivity index (χ2v) is 3.53. The van der Waals surface area contributed by atoms with E-state index in [0.29, 0.717) is 5.69 Å². The second-order valence-electron chi connectivity index (χ2n) is 3.53. The molecule has 0 atom stereocenters. The Bertz CT molecular complexity index is 568. The van der Waals surface area contributed by atoms with Crippen LogP contribution in [0.3, 0.4) is 0 Å². The zero-order valence-electron chi connectivity index (χ0n) is 8.83. The number of aliphatic hydroxyl groups excluding tert-OH is 1. The molecule has 0 amide bonds. The summed E-state index contributed by atoms with van der Waals surface area (Å²) in [7, 11) is 0. The Kier molecular flexibility index (Phi) is 2.76. The van der Waals surface area contributed by atoms with E-state index in [2.05, 4.69) is 15.0 Å². The van der Waals surface area contributed by atoms with Gasteiger partial charge in [0.05, 0.1) is 18.8 Å².